The summed E-state index contributed by atoms with van der Waals surface area (Å²) in [6, 6.07) is 9.08. The van der Waals surface area contributed by atoms with Crippen LogP contribution in [0.1, 0.15) is 95.2 Å². The molecule has 34 heavy (non-hydrogen) atoms. The summed E-state index contributed by atoms with van der Waals surface area (Å²) in [5, 5.41) is 8.99. The molecule has 1 atom stereocenters. The van der Waals surface area contributed by atoms with Gasteiger partial charge in [0.15, 0.2) is 0 Å². The van der Waals surface area contributed by atoms with Crippen molar-refractivity contribution in [3.8, 4) is 0 Å². The first-order valence-electron chi connectivity index (χ1n) is 13.2. The molecule has 0 saturated carbocycles. The number of benzene rings is 1. The zero-order valence-electron chi connectivity index (χ0n) is 21.2. The van der Waals surface area contributed by atoms with Gasteiger partial charge in [0.1, 0.15) is 0 Å². The number of fused-ring (bicyclic) bond motifs is 5. The number of rotatable bonds is 11. The van der Waals surface area contributed by atoms with Crippen molar-refractivity contribution < 1.29 is 4.79 Å². The minimum absolute atomic E-state index is 0.0352. The Hall–Kier alpha value is -1.34. The van der Waals surface area contributed by atoms with Gasteiger partial charge in [-0.3, -0.25) is 0 Å². The number of nitrogens with one attached hydrogen (secondary N) is 2. The number of hydrogen-bond acceptors (Lipinski definition) is 4. The van der Waals surface area contributed by atoms with Crippen LogP contribution in [-0.2, 0) is 0 Å². The van der Waals surface area contributed by atoms with E-state index >= 15 is 0 Å². The fourth-order valence-electron chi connectivity index (χ4n) is 5.17. The molecular weight excluding hydrogens is 545 g/mol. The van der Waals surface area contributed by atoms with Crippen molar-refractivity contribution in [3.05, 3.63) is 29.1 Å². The Morgan fingerprint density at radius 2 is 1.71 bits per heavy atom. The van der Waals surface area contributed by atoms with Crippen LogP contribution in [0.15, 0.2) is 24.3 Å². The maximum absolute atomic E-state index is 12.7. The minimum atomic E-state index is -0.873. The predicted octanol–water partition coefficient (Wildman–Crippen LogP) is 7.05. The third kappa shape index (κ3) is 5.56. The average Bonchev–Trinajstić information content (AvgIpc) is 3.16. The first-order chi connectivity index (χ1) is 16.5. The summed E-state index contributed by atoms with van der Waals surface area (Å²) in [6.07, 6.45) is 12.0. The van der Waals surface area contributed by atoms with Gasteiger partial charge in [-0.1, -0.05) is 0 Å². The van der Waals surface area contributed by atoms with Gasteiger partial charge in [0.2, 0.25) is 0 Å². The van der Waals surface area contributed by atoms with Gasteiger partial charge in [-0.15, -0.1) is 0 Å². The molecule has 0 fully saturated rings. The normalized spacial score (nSPS) is 16.4. The van der Waals surface area contributed by atoms with Crippen molar-refractivity contribution >= 4 is 68.8 Å². The zero-order chi connectivity index (χ0) is 24.1. The summed E-state index contributed by atoms with van der Waals surface area (Å²) < 4.78 is 3.08. The molecule has 1 aliphatic heterocycles. The Labute approximate surface area is 218 Å². The Morgan fingerprint density at radius 3 is 2.35 bits per heavy atom. The summed E-state index contributed by atoms with van der Waals surface area (Å²) in [6.45, 7) is 9.77. The van der Waals surface area contributed by atoms with E-state index in [-0.39, 0.29) is 11.9 Å². The van der Waals surface area contributed by atoms with Crippen LogP contribution >= 0.6 is 11.3 Å². The molecule has 0 bridgehead atoms. The fourth-order valence-corrected chi connectivity index (χ4v) is 11.4. The molecule has 1 aliphatic rings. The van der Waals surface area contributed by atoms with Crippen LogP contribution in [0.4, 0.5) is 5.69 Å². The number of anilines is 1. The first kappa shape index (κ1) is 25.7. The number of carbonyl (C=O) groups excluding carboxylic acids is 1. The summed E-state index contributed by atoms with van der Waals surface area (Å²) in [5.74, 6) is 0.0352. The molecular formula is C28H39N3OSSn. The van der Waals surface area contributed by atoms with Crippen molar-refractivity contribution in [2.75, 3.05) is 11.9 Å². The molecule has 4 rings (SSSR count). The molecule has 2 aromatic heterocycles. The van der Waals surface area contributed by atoms with Crippen molar-refractivity contribution in [2.45, 2.75) is 95.0 Å². The standard InChI is InChI=1S/C15H12N3OS.C13H27.Sn/c1-8-7-17-13-12-9-3-2-6-16-10(9)4-5-11(12)20-14(13)15(19)18-8;1-4-7-10-13(11-8-5-2)12-9-6-3;/h2-5,8,17H,7H2,1H3,(H,18,19);4-12H2,1-3H3;/t8-;;/m1../s1. The van der Waals surface area contributed by atoms with Gasteiger partial charge in [-0.2, -0.15) is 0 Å². The van der Waals surface area contributed by atoms with E-state index in [0.717, 1.165) is 27.3 Å². The Balaban J connectivity index is 1.72. The van der Waals surface area contributed by atoms with Gasteiger partial charge in [-0.05, 0) is 0 Å². The van der Waals surface area contributed by atoms with Crippen molar-refractivity contribution in [3.63, 3.8) is 0 Å². The van der Waals surface area contributed by atoms with Crippen LogP contribution in [-0.4, -0.2) is 44.6 Å². The van der Waals surface area contributed by atoms with Gasteiger partial charge in [0.25, 0.3) is 0 Å². The average molecular weight is 584 g/mol. The van der Waals surface area contributed by atoms with Gasteiger partial charge < -0.3 is 0 Å². The predicted molar refractivity (Wildman–Crippen MR) is 149 cm³/mol. The van der Waals surface area contributed by atoms with Crippen LogP contribution < -0.4 is 14.3 Å². The molecule has 1 amide bonds. The molecule has 6 heteroatoms. The second kappa shape index (κ2) is 11.6. The van der Waals surface area contributed by atoms with E-state index in [1.54, 1.807) is 11.3 Å². The van der Waals surface area contributed by atoms with E-state index < -0.39 is 21.1 Å². The van der Waals surface area contributed by atoms with E-state index in [1.807, 2.05) is 6.92 Å². The molecule has 0 spiro atoms. The van der Waals surface area contributed by atoms with Crippen molar-refractivity contribution in [1.82, 2.24) is 10.3 Å². The van der Waals surface area contributed by atoms with Gasteiger partial charge in [-0.25, -0.2) is 0 Å². The molecule has 4 nitrogen and oxygen atoms in total. The van der Waals surface area contributed by atoms with Crippen LogP contribution in [0.5, 0.6) is 0 Å². The number of aromatic nitrogens is 1. The molecule has 3 aromatic rings. The number of amides is 1. The van der Waals surface area contributed by atoms with E-state index in [2.05, 4.69) is 55.7 Å². The quantitative estimate of drug-likeness (QED) is 0.238. The van der Waals surface area contributed by atoms with Gasteiger partial charge in [0, 0.05) is 0 Å². The maximum atomic E-state index is 12.7. The first-order valence-corrected chi connectivity index (χ1v) is 16.9. The van der Waals surface area contributed by atoms with E-state index in [1.165, 1.54) is 72.3 Å². The third-order valence-electron chi connectivity index (χ3n) is 7.11. The topological polar surface area (TPSA) is 54.0 Å². The van der Waals surface area contributed by atoms with Crippen LogP contribution in [0, 0.1) is 0 Å². The zero-order valence-corrected chi connectivity index (χ0v) is 24.9. The van der Waals surface area contributed by atoms with E-state index in [9.17, 15) is 4.79 Å². The van der Waals surface area contributed by atoms with Crippen LogP contribution in [0.25, 0.3) is 21.0 Å². The number of unbranched alkanes of at least 4 members (excludes halogenated alkanes) is 3. The molecule has 0 aliphatic carbocycles. The molecule has 2 radical (unpaired) electrons. The molecule has 182 valence electrons. The Kier molecular flexibility index (Phi) is 8.78. The molecule has 0 unspecified atom stereocenters. The van der Waals surface area contributed by atoms with Gasteiger partial charge >= 0.3 is 220 Å². The van der Waals surface area contributed by atoms with Gasteiger partial charge in [0.05, 0.1) is 0 Å². The number of nitrogens with zero attached hydrogens (tertiary/aromatic N) is 1. The van der Waals surface area contributed by atoms with Crippen LogP contribution in [0.2, 0.25) is 3.43 Å². The van der Waals surface area contributed by atoms with E-state index in [4.69, 9.17) is 4.98 Å². The second-order valence-corrected chi connectivity index (χ2v) is 16.2. The summed E-state index contributed by atoms with van der Waals surface area (Å²) in [4.78, 5) is 18.8. The summed E-state index contributed by atoms with van der Waals surface area (Å²) >= 11 is 0.715. The van der Waals surface area contributed by atoms with Crippen LogP contribution in [0.3, 0.4) is 0 Å². The number of carbonyl (C=O) groups is 1. The van der Waals surface area contributed by atoms with Crippen molar-refractivity contribution in [2.24, 2.45) is 0 Å². The monoisotopic (exact) mass is 585 g/mol. The summed E-state index contributed by atoms with van der Waals surface area (Å²) in [7, 11) is 0. The Morgan fingerprint density at radius 1 is 1.03 bits per heavy atom. The second-order valence-electron chi connectivity index (χ2n) is 9.98. The fraction of sp³-hybridized carbons (Fsp3) is 0.571. The Bertz CT molecular complexity index is 1120. The molecule has 2 N–H and O–H groups in total. The SMILES string of the molecule is CCCC[C](CCCC)(CCCC)[Sn][c]1ccc2c(ccc3sc4c(c32)NC[C@@H](C)NC4=O)n1. The molecule has 1 aromatic carbocycles. The third-order valence-corrected chi connectivity index (χ3v) is 13.4. The number of hydrogen-bond donors (Lipinski definition) is 2. The van der Waals surface area contributed by atoms with E-state index in [0.29, 0.717) is 3.43 Å². The van der Waals surface area contributed by atoms with Crippen molar-refractivity contribution in [1.29, 1.82) is 0 Å². The summed E-state index contributed by atoms with van der Waals surface area (Å²) in [5.41, 5.74) is 2.08. The number of thiophene rings is 1. The molecule has 3 heterocycles. The molecule has 0 saturated heterocycles. The number of pyridine rings is 1.